The first-order chi connectivity index (χ1) is 16.9. The molecule has 0 radical (unpaired) electrons. The second-order valence-electron chi connectivity index (χ2n) is 12.4. The van der Waals surface area contributed by atoms with E-state index in [1.165, 1.54) is 12.5 Å². The number of ether oxygens (including phenoxy) is 4. The fraction of sp³-hybridized carbons (Fsp3) is 0.731. The van der Waals surface area contributed by atoms with Gasteiger partial charge in [-0.05, 0) is 32.3 Å². The largest absolute Gasteiger partial charge is 0.472 e. The highest BCUT2D eigenvalue weighted by Crippen LogP contribution is 2.80. The maximum absolute atomic E-state index is 14.1. The summed E-state index contributed by atoms with van der Waals surface area (Å²) in [6.07, 6.45) is -2.07. The van der Waals surface area contributed by atoms with E-state index in [2.05, 4.69) is 0 Å². The molecule has 11 atom stereocenters. The van der Waals surface area contributed by atoms with E-state index in [0.29, 0.717) is 5.56 Å². The lowest BCUT2D eigenvalue weighted by Gasteiger charge is -2.67. The number of carbonyl (C=O) groups excluding carboxylic acids is 3. The predicted molar refractivity (Wildman–Crippen MR) is 117 cm³/mol. The summed E-state index contributed by atoms with van der Waals surface area (Å²) in [5, 5.41) is 23.7. The second kappa shape index (κ2) is 6.40. The van der Waals surface area contributed by atoms with E-state index in [0.717, 1.165) is 0 Å². The average Bonchev–Trinajstić information content (AvgIpc) is 3.28. The number of cyclic esters (lactones) is 2. The van der Waals surface area contributed by atoms with E-state index in [1.807, 2.05) is 0 Å². The molecule has 6 aliphatic rings. The SMILES string of the molecule is CC1(C)O[C@H]2CC(=O)OC[C@]23[C@@H]1C(=O)[C@H](O)[C@]1(C)[C@@H]3C[C@H](O)[C@@]2(C)[C@H](c3ccoc3)OC(=O)[C@@H]3O[C@@]312. The van der Waals surface area contributed by atoms with Crippen LogP contribution in [0.3, 0.4) is 0 Å². The number of furan rings is 1. The second-order valence-corrected chi connectivity index (χ2v) is 12.4. The number of esters is 2. The van der Waals surface area contributed by atoms with Gasteiger partial charge in [0, 0.05) is 16.4 Å². The minimum absolute atomic E-state index is 0.0276. The van der Waals surface area contributed by atoms with Crippen LogP contribution in [0.4, 0.5) is 0 Å². The molecule has 1 aromatic rings. The molecular formula is C26H30O10. The Bertz CT molecular complexity index is 1190. The van der Waals surface area contributed by atoms with Crippen molar-refractivity contribution in [2.24, 2.45) is 28.1 Å². The Morgan fingerprint density at radius 1 is 1.00 bits per heavy atom. The van der Waals surface area contributed by atoms with Crippen molar-refractivity contribution in [3.05, 3.63) is 24.2 Å². The van der Waals surface area contributed by atoms with Gasteiger partial charge in [-0.3, -0.25) is 9.59 Å². The van der Waals surface area contributed by atoms with Crippen molar-refractivity contribution in [2.45, 2.75) is 82.3 Å². The molecule has 2 saturated carbocycles. The van der Waals surface area contributed by atoms with Crippen LogP contribution in [0.1, 0.15) is 52.2 Å². The van der Waals surface area contributed by atoms with Crippen LogP contribution in [0.2, 0.25) is 0 Å². The first-order valence-corrected chi connectivity index (χ1v) is 12.5. The van der Waals surface area contributed by atoms with E-state index >= 15 is 0 Å². The zero-order valence-electron chi connectivity index (χ0n) is 20.6. The van der Waals surface area contributed by atoms with E-state index in [4.69, 9.17) is 23.4 Å². The van der Waals surface area contributed by atoms with Crippen molar-refractivity contribution in [1.82, 2.24) is 0 Å². The molecule has 0 unspecified atom stereocenters. The summed E-state index contributed by atoms with van der Waals surface area (Å²) in [5.74, 6) is -2.75. The van der Waals surface area contributed by atoms with Gasteiger partial charge in [-0.15, -0.1) is 0 Å². The number of epoxide rings is 1. The first kappa shape index (κ1) is 22.9. The standard InChI is InChI=1S/C26H30O10/c1-22(2)17-16(29)18(30)23(3)12(25(17)10-33-15(28)8-14(25)35-22)7-13(27)24(4)19(11-5-6-32-9-11)34-21(31)20-26(23,24)36-20/h5-6,9,12-14,17-20,27,30H,7-8,10H2,1-4H3/t12-,13-,14-,17+,18-,19-,20-,23-,24-,25+,26-/m0/s1. The van der Waals surface area contributed by atoms with Crippen LogP contribution < -0.4 is 0 Å². The lowest BCUT2D eigenvalue weighted by atomic mass is 9.36. The van der Waals surface area contributed by atoms with Crippen LogP contribution in [0.25, 0.3) is 0 Å². The summed E-state index contributed by atoms with van der Waals surface area (Å²) in [7, 11) is 0. The molecule has 2 aliphatic carbocycles. The van der Waals surface area contributed by atoms with Crippen LogP contribution in [0.5, 0.6) is 0 Å². The molecule has 194 valence electrons. The highest BCUT2D eigenvalue weighted by atomic mass is 16.7. The number of hydrogen-bond acceptors (Lipinski definition) is 10. The molecule has 7 rings (SSSR count). The third-order valence-corrected chi connectivity index (χ3v) is 10.8. The first-order valence-electron chi connectivity index (χ1n) is 12.5. The van der Waals surface area contributed by atoms with E-state index in [-0.39, 0.29) is 19.4 Å². The van der Waals surface area contributed by atoms with Gasteiger partial charge >= 0.3 is 11.9 Å². The monoisotopic (exact) mass is 502 g/mol. The van der Waals surface area contributed by atoms with Crippen LogP contribution in [-0.2, 0) is 33.3 Å². The molecule has 6 fully saturated rings. The summed E-state index contributed by atoms with van der Waals surface area (Å²) in [6, 6.07) is 1.67. The molecule has 2 N–H and O–H groups in total. The number of ketones is 1. The Kier molecular flexibility index (Phi) is 4.07. The normalized spacial score (nSPS) is 54.3. The molecule has 0 aromatic carbocycles. The van der Waals surface area contributed by atoms with Crippen molar-refractivity contribution < 1.29 is 48.0 Å². The molecule has 4 saturated heterocycles. The summed E-state index contributed by atoms with van der Waals surface area (Å²) >= 11 is 0. The van der Waals surface area contributed by atoms with Crippen molar-refractivity contribution in [2.75, 3.05) is 6.61 Å². The number of aliphatic hydroxyl groups excluding tert-OH is 2. The molecule has 5 heterocycles. The Morgan fingerprint density at radius 2 is 1.75 bits per heavy atom. The Hall–Kier alpha value is -2.27. The summed E-state index contributed by atoms with van der Waals surface area (Å²) in [5.41, 5.74) is -5.28. The van der Waals surface area contributed by atoms with Crippen LogP contribution in [-0.4, -0.2) is 70.2 Å². The van der Waals surface area contributed by atoms with Crippen molar-refractivity contribution in [3.8, 4) is 0 Å². The number of Topliss-reactive ketones (excluding diaryl/α,β-unsaturated/α-hetero) is 1. The van der Waals surface area contributed by atoms with E-state index in [9.17, 15) is 24.6 Å². The number of hydrogen-bond donors (Lipinski definition) is 2. The number of fused-ring (bicyclic) bond motifs is 1. The fourth-order valence-electron chi connectivity index (χ4n) is 9.45. The minimum atomic E-state index is -1.50. The van der Waals surface area contributed by atoms with Gasteiger partial charge in [0.2, 0.25) is 0 Å². The smallest absolute Gasteiger partial charge is 0.339 e. The van der Waals surface area contributed by atoms with Crippen molar-refractivity contribution in [1.29, 1.82) is 0 Å². The Balaban J connectivity index is 1.46. The molecule has 0 bridgehead atoms. The number of aliphatic hydroxyl groups is 2. The molecule has 10 heteroatoms. The number of carbonyl (C=O) groups is 3. The third-order valence-electron chi connectivity index (χ3n) is 10.8. The van der Waals surface area contributed by atoms with Gasteiger partial charge in [0.25, 0.3) is 0 Å². The van der Waals surface area contributed by atoms with Gasteiger partial charge in [0.05, 0.1) is 48.1 Å². The Morgan fingerprint density at radius 3 is 2.44 bits per heavy atom. The van der Waals surface area contributed by atoms with Gasteiger partial charge in [-0.1, -0.05) is 13.8 Å². The van der Waals surface area contributed by atoms with Gasteiger partial charge in [-0.25, -0.2) is 4.79 Å². The highest BCUT2D eigenvalue weighted by molar-refractivity contribution is 5.92. The van der Waals surface area contributed by atoms with Crippen molar-refractivity contribution in [3.63, 3.8) is 0 Å². The van der Waals surface area contributed by atoms with Crippen molar-refractivity contribution >= 4 is 17.7 Å². The van der Waals surface area contributed by atoms with Crippen LogP contribution in [0.15, 0.2) is 23.0 Å². The molecule has 36 heavy (non-hydrogen) atoms. The zero-order valence-corrected chi connectivity index (χ0v) is 20.6. The van der Waals surface area contributed by atoms with E-state index < -0.39 is 87.5 Å². The fourth-order valence-corrected chi connectivity index (χ4v) is 9.45. The summed E-state index contributed by atoms with van der Waals surface area (Å²) in [6.45, 7) is 7.08. The quantitative estimate of drug-likeness (QED) is 0.423. The zero-order chi connectivity index (χ0) is 25.6. The van der Waals surface area contributed by atoms with Crippen LogP contribution in [0, 0.1) is 28.1 Å². The van der Waals surface area contributed by atoms with Gasteiger partial charge in [-0.2, -0.15) is 0 Å². The maximum atomic E-state index is 14.1. The van der Waals surface area contributed by atoms with Crippen LogP contribution >= 0.6 is 0 Å². The molecule has 1 aromatic heterocycles. The molecular weight excluding hydrogens is 472 g/mol. The lowest BCUT2D eigenvalue weighted by molar-refractivity contribution is -0.276. The molecule has 4 aliphatic heterocycles. The average molecular weight is 503 g/mol. The van der Waals surface area contributed by atoms with Gasteiger partial charge in [0.1, 0.15) is 24.4 Å². The topological polar surface area (TPSA) is 145 Å². The van der Waals surface area contributed by atoms with Gasteiger partial charge in [0.15, 0.2) is 11.9 Å². The predicted octanol–water partition coefficient (Wildman–Crippen LogP) is 1.08. The third kappa shape index (κ3) is 2.13. The van der Waals surface area contributed by atoms with Gasteiger partial charge < -0.3 is 33.6 Å². The lowest BCUT2D eigenvalue weighted by Crippen LogP contribution is -2.78. The Labute approximate surface area is 207 Å². The number of rotatable bonds is 1. The summed E-state index contributed by atoms with van der Waals surface area (Å²) < 4.78 is 29.3. The highest BCUT2D eigenvalue weighted by Gasteiger charge is 2.92. The summed E-state index contributed by atoms with van der Waals surface area (Å²) in [4.78, 5) is 39.6. The molecule has 2 spiro atoms. The minimum Gasteiger partial charge on any atom is -0.472 e. The maximum Gasteiger partial charge on any atom is 0.339 e. The molecule has 0 amide bonds. The van der Waals surface area contributed by atoms with E-state index in [1.54, 1.807) is 33.8 Å². The molecule has 10 nitrogen and oxygen atoms in total.